The minimum Gasteiger partial charge on any atom is -0.300 e. The van der Waals surface area contributed by atoms with Gasteiger partial charge in [0.2, 0.25) is 0 Å². The summed E-state index contributed by atoms with van der Waals surface area (Å²) in [6.07, 6.45) is 18.7. The molecule has 0 aromatic rings. The SMILES string of the molecule is CC.CCC(CCC(C)C1CCC2C3CC=C4CC(CC(C)=O)CCC4(C)C3CCC12C)C(C)C. The second kappa shape index (κ2) is 11.9. The van der Waals surface area contributed by atoms with Gasteiger partial charge in [-0.3, -0.25) is 0 Å². The number of hydrogen-bond donors (Lipinski definition) is 0. The number of carbonyl (C=O) groups excluding carboxylic acids is 1. The van der Waals surface area contributed by atoms with Crippen molar-refractivity contribution in [3.63, 3.8) is 0 Å². The minimum absolute atomic E-state index is 0.385. The third-order valence-electron chi connectivity index (χ3n) is 12.0. The zero-order chi connectivity index (χ0) is 26.0. The largest absolute Gasteiger partial charge is 0.300 e. The topological polar surface area (TPSA) is 17.1 Å². The Labute approximate surface area is 219 Å². The van der Waals surface area contributed by atoms with E-state index >= 15 is 0 Å². The van der Waals surface area contributed by atoms with E-state index in [0.717, 1.165) is 47.8 Å². The molecule has 35 heavy (non-hydrogen) atoms. The number of allylic oxidation sites excluding steroid dienone is 2. The van der Waals surface area contributed by atoms with Gasteiger partial charge in [-0.15, -0.1) is 0 Å². The van der Waals surface area contributed by atoms with Gasteiger partial charge in [0.25, 0.3) is 0 Å². The van der Waals surface area contributed by atoms with Crippen LogP contribution in [0.1, 0.15) is 139 Å². The smallest absolute Gasteiger partial charge is 0.130 e. The Hall–Kier alpha value is -0.590. The maximum atomic E-state index is 11.7. The van der Waals surface area contributed by atoms with Crippen LogP contribution in [0.2, 0.25) is 0 Å². The maximum Gasteiger partial charge on any atom is 0.130 e. The molecule has 4 aliphatic rings. The number of hydrogen-bond acceptors (Lipinski definition) is 1. The number of ketones is 1. The summed E-state index contributed by atoms with van der Waals surface area (Å²) in [7, 11) is 0. The van der Waals surface area contributed by atoms with Gasteiger partial charge in [-0.1, -0.05) is 79.9 Å². The minimum atomic E-state index is 0.385. The lowest BCUT2D eigenvalue weighted by molar-refractivity contribution is -0.118. The molecule has 9 unspecified atom stereocenters. The molecule has 3 saturated carbocycles. The summed E-state index contributed by atoms with van der Waals surface area (Å²) >= 11 is 0. The molecule has 9 atom stereocenters. The van der Waals surface area contributed by atoms with Crippen molar-refractivity contribution < 1.29 is 4.79 Å². The van der Waals surface area contributed by atoms with Crippen LogP contribution >= 0.6 is 0 Å². The van der Waals surface area contributed by atoms with Crippen LogP contribution < -0.4 is 0 Å². The summed E-state index contributed by atoms with van der Waals surface area (Å²) < 4.78 is 0. The monoisotopic (exact) mass is 484 g/mol. The van der Waals surface area contributed by atoms with Crippen LogP contribution in [0.25, 0.3) is 0 Å². The van der Waals surface area contributed by atoms with Crippen LogP contribution in [-0.2, 0) is 4.79 Å². The molecule has 0 aliphatic heterocycles. The lowest BCUT2D eigenvalue weighted by Crippen LogP contribution is -2.50. The molecule has 0 aromatic heterocycles. The highest BCUT2D eigenvalue weighted by molar-refractivity contribution is 5.75. The van der Waals surface area contributed by atoms with Crippen molar-refractivity contribution in [3.8, 4) is 0 Å². The van der Waals surface area contributed by atoms with Crippen LogP contribution in [0.15, 0.2) is 11.6 Å². The molecule has 0 aromatic carbocycles. The summed E-state index contributed by atoms with van der Waals surface area (Å²) in [4.78, 5) is 11.7. The molecule has 0 radical (unpaired) electrons. The van der Waals surface area contributed by atoms with E-state index in [4.69, 9.17) is 0 Å². The van der Waals surface area contributed by atoms with Crippen LogP contribution in [0.3, 0.4) is 0 Å². The van der Waals surface area contributed by atoms with Crippen molar-refractivity contribution in [3.05, 3.63) is 11.6 Å². The molecule has 0 spiro atoms. The predicted octanol–water partition coefficient (Wildman–Crippen LogP) is 10.3. The van der Waals surface area contributed by atoms with E-state index in [-0.39, 0.29) is 0 Å². The summed E-state index contributed by atoms with van der Waals surface area (Å²) in [6, 6.07) is 0. The van der Waals surface area contributed by atoms with E-state index in [0.29, 0.717) is 22.5 Å². The van der Waals surface area contributed by atoms with Gasteiger partial charge >= 0.3 is 0 Å². The highest BCUT2D eigenvalue weighted by Gasteiger charge is 2.59. The number of Topliss-reactive ketones (excluding diaryl/α,β-unsaturated/α-hetero) is 1. The maximum absolute atomic E-state index is 11.7. The number of fused-ring (bicyclic) bond motifs is 5. The van der Waals surface area contributed by atoms with Gasteiger partial charge in [-0.05, 0) is 123 Å². The molecule has 0 bridgehead atoms. The Kier molecular flexibility index (Phi) is 9.81. The first-order chi connectivity index (χ1) is 16.6. The van der Waals surface area contributed by atoms with Crippen molar-refractivity contribution in [1.82, 2.24) is 0 Å². The van der Waals surface area contributed by atoms with Gasteiger partial charge in [0.1, 0.15) is 5.78 Å². The molecule has 3 fully saturated rings. The second-order valence-electron chi connectivity index (χ2n) is 14.0. The average Bonchev–Trinajstić information content (AvgIpc) is 3.17. The van der Waals surface area contributed by atoms with E-state index in [1.807, 2.05) is 13.8 Å². The Balaban J connectivity index is 0.00000167. The molecule has 202 valence electrons. The van der Waals surface area contributed by atoms with Gasteiger partial charge in [0.15, 0.2) is 0 Å². The normalized spacial score (nSPS) is 39.9. The number of carbonyl (C=O) groups is 1. The summed E-state index contributed by atoms with van der Waals surface area (Å²) in [5.41, 5.74) is 2.74. The lowest BCUT2D eigenvalue weighted by Gasteiger charge is -2.58. The summed E-state index contributed by atoms with van der Waals surface area (Å²) in [5, 5.41) is 0. The quantitative estimate of drug-likeness (QED) is 0.313. The van der Waals surface area contributed by atoms with Crippen LogP contribution in [0.4, 0.5) is 0 Å². The third-order valence-corrected chi connectivity index (χ3v) is 12.0. The molecule has 0 saturated heterocycles. The van der Waals surface area contributed by atoms with Crippen molar-refractivity contribution in [2.24, 2.45) is 58.2 Å². The van der Waals surface area contributed by atoms with Gasteiger partial charge in [-0.25, -0.2) is 0 Å². The zero-order valence-electron chi connectivity index (χ0n) is 25.1. The lowest BCUT2D eigenvalue weighted by atomic mass is 9.46. The van der Waals surface area contributed by atoms with Crippen molar-refractivity contribution in [2.45, 2.75) is 139 Å². The molecule has 4 rings (SSSR count). The molecule has 0 N–H and O–H groups in total. The Morgan fingerprint density at radius 2 is 1.71 bits per heavy atom. The predicted molar refractivity (Wildman–Crippen MR) is 152 cm³/mol. The fourth-order valence-corrected chi connectivity index (χ4v) is 9.98. The van der Waals surface area contributed by atoms with E-state index in [1.54, 1.807) is 12.5 Å². The van der Waals surface area contributed by atoms with Gasteiger partial charge in [0.05, 0.1) is 0 Å². The Morgan fingerprint density at radius 3 is 2.34 bits per heavy atom. The fraction of sp³-hybridized carbons (Fsp3) is 0.912. The molecule has 4 aliphatic carbocycles. The summed E-state index contributed by atoms with van der Waals surface area (Å²) in [5.74, 6) is 7.33. The average molecular weight is 485 g/mol. The van der Waals surface area contributed by atoms with Crippen molar-refractivity contribution >= 4 is 5.78 Å². The Bertz CT molecular complexity index is 733. The van der Waals surface area contributed by atoms with Gasteiger partial charge in [0, 0.05) is 6.42 Å². The van der Waals surface area contributed by atoms with Crippen molar-refractivity contribution in [2.75, 3.05) is 0 Å². The van der Waals surface area contributed by atoms with E-state index in [9.17, 15) is 4.79 Å². The first-order valence-electron chi connectivity index (χ1n) is 15.8. The first kappa shape index (κ1) is 29.0. The van der Waals surface area contributed by atoms with Crippen molar-refractivity contribution in [1.29, 1.82) is 0 Å². The van der Waals surface area contributed by atoms with Crippen LogP contribution in [0.5, 0.6) is 0 Å². The molecule has 1 heteroatoms. The van der Waals surface area contributed by atoms with E-state index < -0.39 is 0 Å². The first-order valence-corrected chi connectivity index (χ1v) is 15.8. The highest BCUT2D eigenvalue weighted by atomic mass is 16.1. The molecule has 1 nitrogen and oxygen atoms in total. The molecule has 0 heterocycles. The standard InChI is InChI=1S/C32H54O.C2H6/c1-8-25(21(2)3)10-9-22(4)28-13-14-29-27-12-11-26-20-24(19-23(5)33)15-17-31(26,6)30(27)16-18-32(28,29)7;1-2/h11,21-22,24-25,27-30H,8-10,12-20H2,1-7H3;1-2H3. The summed E-state index contributed by atoms with van der Waals surface area (Å²) in [6.45, 7) is 21.0. The van der Waals surface area contributed by atoms with Gasteiger partial charge in [-0.2, -0.15) is 0 Å². The number of rotatable bonds is 8. The molecule has 0 amide bonds. The second-order valence-corrected chi connectivity index (χ2v) is 14.0. The van der Waals surface area contributed by atoms with Crippen LogP contribution in [-0.4, -0.2) is 5.78 Å². The zero-order valence-corrected chi connectivity index (χ0v) is 25.1. The third kappa shape index (κ3) is 5.65. The van der Waals surface area contributed by atoms with E-state index in [2.05, 4.69) is 47.6 Å². The van der Waals surface area contributed by atoms with E-state index in [1.165, 1.54) is 70.6 Å². The molecular formula is C34H60O. The highest BCUT2D eigenvalue weighted by Crippen LogP contribution is 2.67. The fourth-order valence-electron chi connectivity index (χ4n) is 9.98. The Morgan fingerprint density at radius 1 is 1.00 bits per heavy atom. The van der Waals surface area contributed by atoms with Gasteiger partial charge < -0.3 is 4.79 Å². The molecular weight excluding hydrogens is 424 g/mol. The van der Waals surface area contributed by atoms with Crippen LogP contribution in [0, 0.1) is 58.2 Å².